The third-order valence-corrected chi connectivity index (χ3v) is 3.48. The molecule has 4 nitrogen and oxygen atoms in total. The Hall–Kier alpha value is -0.970. The van der Waals surface area contributed by atoms with Gasteiger partial charge in [0.15, 0.2) is 0 Å². The zero-order valence-electron chi connectivity index (χ0n) is 12.1. The Morgan fingerprint density at radius 1 is 1.42 bits per heavy atom. The van der Waals surface area contributed by atoms with Crippen molar-refractivity contribution < 1.29 is 4.74 Å². The fourth-order valence-electron chi connectivity index (χ4n) is 2.17. The number of aromatic nitrogens is 1. The van der Waals surface area contributed by atoms with E-state index in [9.17, 15) is 0 Å². The van der Waals surface area contributed by atoms with Gasteiger partial charge in [-0.25, -0.2) is 0 Å². The molecule has 1 aliphatic rings. The van der Waals surface area contributed by atoms with Gasteiger partial charge in [0.05, 0.1) is 12.3 Å². The quantitative estimate of drug-likeness (QED) is 0.737. The topological polar surface area (TPSA) is 37.4 Å². The number of ether oxygens (including phenoxy) is 1. The third-order valence-electron chi connectivity index (χ3n) is 3.48. The summed E-state index contributed by atoms with van der Waals surface area (Å²) in [6.07, 6.45) is 4.63. The highest BCUT2D eigenvalue weighted by atomic mass is 16.5. The summed E-state index contributed by atoms with van der Waals surface area (Å²) in [7, 11) is 1.76. The fourth-order valence-corrected chi connectivity index (χ4v) is 2.17. The predicted molar refractivity (Wildman–Crippen MR) is 76.9 cm³/mol. The number of rotatable bonds is 9. The molecule has 4 heteroatoms. The summed E-state index contributed by atoms with van der Waals surface area (Å²) in [6, 6.07) is 5.07. The van der Waals surface area contributed by atoms with Gasteiger partial charge in [0.25, 0.3) is 0 Å². The van der Waals surface area contributed by atoms with E-state index in [0.29, 0.717) is 0 Å². The monoisotopic (exact) mass is 263 g/mol. The van der Waals surface area contributed by atoms with Crippen LogP contribution in [-0.2, 0) is 17.8 Å². The normalized spacial score (nSPS) is 15.1. The van der Waals surface area contributed by atoms with Crippen molar-refractivity contribution in [2.45, 2.75) is 38.9 Å². The molecule has 0 spiro atoms. The van der Waals surface area contributed by atoms with Crippen molar-refractivity contribution in [3.63, 3.8) is 0 Å². The summed E-state index contributed by atoms with van der Waals surface area (Å²) < 4.78 is 5.18. The lowest BCUT2D eigenvalue weighted by Gasteiger charge is -2.21. The molecule has 0 amide bonds. The van der Waals surface area contributed by atoms with Crippen LogP contribution in [0.3, 0.4) is 0 Å². The molecule has 1 saturated carbocycles. The van der Waals surface area contributed by atoms with Gasteiger partial charge >= 0.3 is 0 Å². The smallest absolute Gasteiger partial charge is 0.0589 e. The van der Waals surface area contributed by atoms with Gasteiger partial charge in [0, 0.05) is 39.0 Å². The minimum absolute atomic E-state index is 0.749. The highest BCUT2D eigenvalue weighted by Gasteiger charge is 2.28. The molecule has 0 aromatic carbocycles. The van der Waals surface area contributed by atoms with Crippen molar-refractivity contribution in [2.75, 3.05) is 26.8 Å². The summed E-state index contributed by atoms with van der Waals surface area (Å²) >= 11 is 0. The summed E-state index contributed by atoms with van der Waals surface area (Å²) in [4.78, 5) is 7.05. The Kier molecular flexibility index (Phi) is 5.76. The first-order chi connectivity index (χ1) is 9.33. The van der Waals surface area contributed by atoms with E-state index in [1.807, 2.05) is 6.20 Å². The predicted octanol–water partition coefficient (Wildman–Crippen LogP) is 1.80. The molecule has 106 valence electrons. The molecule has 1 aromatic heterocycles. The summed E-state index contributed by atoms with van der Waals surface area (Å²) in [6.45, 7) is 6.76. The van der Waals surface area contributed by atoms with E-state index in [4.69, 9.17) is 4.74 Å². The maximum absolute atomic E-state index is 5.18. The maximum atomic E-state index is 5.18. The van der Waals surface area contributed by atoms with Crippen molar-refractivity contribution in [1.82, 2.24) is 15.2 Å². The lowest BCUT2D eigenvalue weighted by Crippen LogP contribution is -2.29. The van der Waals surface area contributed by atoms with E-state index in [1.54, 1.807) is 7.11 Å². The van der Waals surface area contributed by atoms with Gasteiger partial charge in [-0.3, -0.25) is 9.88 Å². The van der Waals surface area contributed by atoms with Gasteiger partial charge < -0.3 is 10.1 Å². The molecule has 0 radical (unpaired) electrons. The Balaban J connectivity index is 1.86. The molecule has 0 bridgehead atoms. The second-order valence-corrected chi connectivity index (χ2v) is 5.13. The molecule has 0 saturated heterocycles. The minimum Gasteiger partial charge on any atom is -0.383 e. The van der Waals surface area contributed by atoms with E-state index >= 15 is 0 Å². The Morgan fingerprint density at radius 2 is 2.26 bits per heavy atom. The molecule has 0 aliphatic heterocycles. The number of hydrogen-bond donors (Lipinski definition) is 1. The summed E-state index contributed by atoms with van der Waals surface area (Å²) in [5.74, 6) is 0. The van der Waals surface area contributed by atoms with Crippen LogP contribution in [0.25, 0.3) is 0 Å². The summed E-state index contributed by atoms with van der Waals surface area (Å²) in [5.41, 5.74) is 2.41. The molecular formula is C15H25N3O. The van der Waals surface area contributed by atoms with Crippen molar-refractivity contribution in [3.8, 4) is 0 Å². The van der Waals surface area contributed by atoms with Crippen LogP contribution in [-0.4, -0.2) is 42.7 Å². The Labute approximate surface area is 116 Å². The van der Waals surface area contributed by atoms with Crippen molar-refractivity contribution in [2.24, 2.45) is 0 Å². The van der Waals surface area contributed by atoms with Crippen molar-refractivity contribution in [3.05, 3.63) is 29.6 Å². The number of methoxy groups -OCH3 is 1. The number of nitrogens with zero attached hydrogens (tertiary/aromatic N) is 2. The highest BCUT2D eigenvalue weighted by Crippen LogP contribution is 2.27. The first kappa shape index (κ1) is 14.4. The minimum atomic E-state index is 0.749. The fraction of sp³-hybridized carbons (Fsp3) is 0.667. The molecule has 0 atom stereocenters. The molecule has 1 heterocycles. The molecule has 1 N–H and O–H groups in total. The van der Waals surface area contributed by atoms with Crippen LogP contribution in [0.15, 0.2) is 18.3 Å². The highest BCUT2D eigenvalue weighted by molar-refractivity contribution is 5.14. The van der Waals surface area contributed by atoms with Crippen LogP contribution in [0.4, 0.5) is 0 Å². The average molecular weight is 263 g/mol. The van der Waals surface area contributed by atoms with Gasteiger partial charge in [0.2, 0.25) is 0 Å². The van der Waals surface area contributed by atoms with Gasteiger partial charge in [0.1, 0.15) is 0 Å². The molecule has 1 aromatic rings. The van der Waals surface area contributed by atoms with Crippen LogP contribution < -0.4 is 5.32 Å². The first-order valence-electron chi connectivity index (χ1n) is 7.21. The molecular weight excluding hydrogens is 238 g/mol. The van der Waals surface area contributed by atoms with E-state index < -0.39 is 0 Å². The number of nitrogens with one attached hydrogen (secondary N) is 1. The van der Waals surface area contributed by atoms with Crippen molar-refractivity contribution >= 4 is 0 Å². The Morgan fingerprint density at radius 3 is 2.84 bits per heavy atom. The summed E-state index contributed by atoms with van der Waals surface area (Å²) in [5, 5.41) is 3.31. The van der Waals surface area contributed by atoms with Crippen molar-refractivity contribution in [1.29, 1.82) is 0 Å². The molecule has 1 aliphatic carbocycles. The number of pyridine rings is 1. The average Bonchev–Trinajstić information content (AvgIpc) is 3.27. The molecule has 2 rings (SSSR count). The lowest BCUT2D eigenvalue weighted by molar-refractivity contribution is 0.139. The lowest BCUT2D eigenvalue weighted by atomic mass is 10.2. The Bertz CT molecular complexity index is 362. The van der Waals surface area contributed by atoms with Crippen LogP contribution in [0, 0.1) is 0 Å². The van der Waals surface area contributed by atoms with Gasteiger partial charge in [-0.1, -0.05) is 13.0 Å². The van der Waals surface area contributed by atoms with Gasteiger partial charge in [-0.15, -0.1) is 0 Å². The standard InChI is InChI=1S/C15H25N3O/c1-3-16-10-13-4-5-14(17-11-13)12-18(8-9-19-2)15-6-7-15/h4-5,11,15-16H,3,6-10,12H2,1-2H3. The third kappa shape index (κ3) is 4.90. The molecule has 19 heavy (non-hydrogen) atoms. The molecule has 1 fully saturated rings. The largest absolute Gasteiger partial charge is 0.383 e. The second-order valence-electron chi connectivity index (χ2n) is 5.13. The first-order valence-corrected chi connectivity index (χ1v) is 7.21. The van der Waals surface area contributed by atoms with E-state index in [0.717, 1.165) is 44.5 Å². The molecule has 0 unspecified atom stereocenters. The van der Waals surface area contributed by atoms with Crippen LogP contribution in [0.1, 0.15) is 31.0 Å². The second kappa shape index (κ2) is 7.58. The van der Waals surface area contributed by atoms with E-state index in [-0.39, 0.29) is 0 Å². The SMILES string of the molecule is CCNCc1ccc(CN(CCOC)C2CC2)nc1. The maximum Gasteiger partial charge on any atom is 0.0589 e. The zero-order valence-corrected chi connectivity index (χ0v) is 12.1. The van der Waals surface area contributed by atoms with E-state index in [1.165, 1.54) is 18.4 Å². The van der Waals surface area contributed by atoms with Gasteiger partial charge in [-0.05, 0) is 31.0 Å². The van der Waals surface area contributed by atoms with Crippen LogP contribution >= 0.6 is 0 Å². The van der Waals surface area contributed by atoms with Crippen LogP contribution in [0.2, 0.25) is 0 Å². The van der Waals surface area contributed by atoms with E-state index in [2.05, 4.69) is 34.3 Å². The number of hydrogen-bond acceptors (Lipinski definition) is 4. The zero-order chi connectivity index (χ0) is 13.5. The van der Waals surface area contributed by atoms with Crippen LogP contribution in [0.5, 0.6) is 0 Å². The van der Waals surface area contributed by atoms with Gasteiger partial charge in [-0.2, -0.15) is 0 Å².